The van der Waals surface area contributed by atoms with Gasteiger partial charge in [0.15, 0.2) is 11.7 Å². The molecule has 0 bridgehead atoms. The van der Waals surface area contributed by atoms with Gasteiger partial charge < -0.3 is 0 Å². The number of carbonyl (C=O) groups is 2. The molecule has 0 unspecified atom stereocenters. The van der Waals surface area contributed by atoms with Gasteiger partial charge in [-0.2, -0.15) is 0 Å². The van der Waals surface area contributed by atoms with Gasteiger partial charge in [0.25, 0.3) is 11.8 Å². The average Bonchev–Trinajstić information content (AvgIpc) is 3.89. The summed E-state index contributed by atoms with van der Waals surface area (Å²) >= 11 is 0. The van der Waals surface area contributed by atoms with Gasteiger partial charge in [-0.25, -0.2) is 0 Å². The largest absolute Gasteiger partial charge is 0.281 e. The molecular formula is C48H36N6O2. The fraction of sp³-hybridized carbons (Fsp3) is 0.0833. The first kappa shape index (κ1) is 34.4. The molecule has 9 rings (SSSR count). The summed E-state index contributed by atoms with van der Waals surface area (Å²) in [6.07, 6.45) is 3.42. The first-order chi connectivity index (χ1) is 27.7. The minimum Gasteiger partial charge on any atom is -0.281 e. The molecule has 2 aliphatic rings. The van der Waals surface area contributed by atoms with Gasteiger partial charge in [0, 0.05) is 23.5 Å². The highest BCUT2D eigenvalue weighted by atomic mass is 16.2. The third kappa shape index (κ3) is 6.47. The topological polar surface area (TPSA) is 91.1 Å². The fourth-order valence-electron chi connectivity index (χ4n) is 7.70. The van der Waals surface area contributed by atoms with E-state index >= 15 is 0 Å². The van der Waals surface area contributed by atoms with Crippen molar-refractivity contribution >= 4 is 23.5 Å². The maximum absolute atomic E-state index is 14.9. The number of rotatable bonds is 8. The minimum absolute atomic E-state index is 0.246. The molecule has 5 aromatic carbocycles. The van der Waals surface area contributed by atoms with Crippen molar-refractivity contribution < 1.29 is 9.59 Å². The van der Waals surface area contributed by atoms with E-state index in [-0.39, 0.29) is 23.9 Å². The molecule has 0 fully saturated rings. The van der Waals surface area contributed by atoms with E-state index in [2.05, 4.69) is 9.97 Å². The summed E-state index contributed by atoms with van der Waals surface area (Å²) in [5, 5.41) is 0. The number of pyridine rings is 2. The monoisotopic (exact) mass is 728 g/mol. The molecule has 0 saturated heterocycles. The first-order valence-corrected chi connectivity index (χ1v) is 18.6. The normalized spacial score (nSPS) is 19.0. The van der Waals surface area contributed by atoms with E-state index in [1.165, 1.54) is 0 Å². The van der Waals surface area contributed by atoms with Crippen LogP contribution in [0.5, 0.6) is 0 Å². The molecule has 8 nitrogen and oxygen atoms in total. The van der Waals surface area contributed by atoms with Gasteiger partial charge in [0.05, 0.1) is 12.1 Å². The van der Waals surface area contributed by atoms with Gasteiger partial charge >= 0.3 is 0 Å². The molecule has 56 heavy (non-hydrogen) atoms. The fourth-order valence-corrected chi connectivity index (χ4v) is 7.70. The molecule has 4 atom stereocenters. The lowest BCUT2D eigenvalue weighted by Crippen LogP contribution is -2.39. The van der Waals surface area contributed by atoms with Gasteiger partial charge in [-0.1, -0.05) is 133 Å². The first-order valence-electron chi connectivity index (χ1n) is 18.6. The zero-order valence-electron chi connectivity index (χ0n) is 30.3. The summed E-state index contributed by atoms with van der Waals surface area (Å²) in [7, 11) is 0. The molecular weight excluding hydrogens is 693 g/mol. The number of aromatic nitrogens is 2. The summed E-state index contributed by atoms with van der Waals surface area (Å²) in [4.78, 5) is 53.0. The van der Waals surface area contributed by atoms with Crippen molar-refractivity contribution in [2.75, 3.05) is 0 Å². The Morgan fingerprint density at radius 3 is 1.02 bits per heavy atom. The van der Waals surface area contributed by atoms with Crippen LogP contribution in [0.1, 0.15) is 78.5 Å². The van der Waals surface area contributed by atoms with Crippen LogP contribution >= 0.6 is 0 Å². The Morgan fingerprint density at radius 2 is 0.696 bits per heavy atom. The van der Waals surface area contributed by atoms with Crippen LogP contribution in [-0.2, 0) is 0 Å². The van der Waals surface area contributed by atoms with Crippen LogP contribution in [0.4, 0.5) is 0 Å². The van der Waals surface area contributed by atoms with E-state index in [4.69, 9.17) is 9.98 Å². The molecule has 4 heterocycles. The standard InChI is InChI=1S/C48H36N6O2/c55-47(53-43(35-21-9-3-10-22-35)41(33-17-5-1-6-18-33)51-45(53)39-25-13-15-31-49-39)37-27-29-38(30-28-37)48(56)54-44(36-23-11-4-12-24-36)42(34-19-7-2-8-20-34)52-46(54)40-26-14-16-32-50-40/h1-32,41-44H/t41-,42-,43-,44-/m1/s1. The molecule has 8 heteroatoms. The molecule has 7 aromatic rings. The molecule has 0 N–H and O–H groups in total. The quantitative estimate of drug-likeness (QED) is 0.156. The van der Waals surface area contributed by atoms with Crippen LogP contribution < -0.4 is 0 Å². The highest BCUT2D eigenvalue weighted by Gasteiger charge is 2.44. The van der Waals surface area contributed by atoms with Crippen LogP contribution in [0.3, 0.4) is 0 Å². The number of amides is 2. The number of benzene rings is 5. The molecule has 2 aromatic heterocycles. The Kier molecular flexibility index (Phi) is 9.35. The third-order valence-electron chi connectivity index (χ3n) is 10.3. The highest BCUT2D eigenvalue weighted by Crippen LogP contribution is 2.45. The second-order valence-corrected chi connectivity index (χ2v) is 13.7. The highest BCUT2D eigenvalue weighted by molar-refractivity contribution is 6.15. The molecule has 2 amide bonds. The Morgan fingerprint density at radius 1 is 0.375 bits per heavy atom. The van der Waals surface area contributed by atoms with Gasteiger partial charge in [-0.3, -0.25) is 39.3 Å². The lowest BCUT2D eigenvalue weighted by Gasteiger charge is -2.30. The van der Waals surface area contributed by atoms with Gasteiger partial charge in [-0.05, 0) is 70.8 Å². The van der Waals surface area contributed by atoms with Crippen molar-refractivity contribution in [3.05, 3.63) is 239 Å². The summed E-state index contributed by atoms with van der Waals surface area (Å²) in [6, 6.07) is 56.6. The van der Waals surface area contributed by atoms with Crippen LogP contribution in [0.2, 0.25) is 0 Å². The molecule has 2 aliphatic heterocycles. The second-order valence-electron chi connectivity index (χ2n) is 13.7. The van der Waals surface area contributed by atoms with Crippen molar-refractivity contribution in [2.45, 2.75) is 24.2 Å². The lowest BCUT2D eigenvalue weighted by atomic mass is 9.93. The molecule has 0 radical (unpaired) electrons. The van der Waals surface area contributed by atoms with E-state index in [1.54, 1.807) is 46.5 Å². The zero-order valence-corrected chi connectivity index (χ0v) is 30.3. The number of amidine groups is 2. The molecule has 0 saturated carbocycles. The Bertz CT molecular complexity index is 2340. The second kappa shape index (κ2) is 15.2. The van der Waals surface area contributed by atoms with Crippen LogP contribution in [-0.4, -0.2) is 43.3 Å². The minimum atomic E-state index is -0.437. The Hall–Kier alpha value is -7.32. The van der Waals surface area contributed by atoms with Crippen LogP contribution in [0.25, 0.3) is 0 Å². The van der Waals surface area contributed by atoms with E-state index in [0.29, 0.717) is 34.2 Å². The number of carbonyl (C=O) groups excluding carboxylic acids is 2. The SMILES string of the molecule is O=C(c1ccc(C(=O)N2C(c3ccccn3)=N[C@H](c3ccccc3)[C@H]2c2ccccc2)cc1)N1C(c2ccccn2)=N[C@H](c2ccccc2)[C@H]1c1ccccc1. The Balaban J connectivity index is 1.10. The van der Waals surface area contributed by atoms with Crippen molar-refractivity contribution in [3.63, 3.8) is 0 Å². The molecule has 270 valence electrons. The number of nitrogens with zero attached hydrogens (tertiary/aromatic N) is 6. The van der Waals surface area contributed by atoms with Gasteiger partial charge in [0.2, 0.25) is 0 Å². The lowest BCUT2D eigenvalue weighted by molar-refractivity contribution is 0.0792. The van der Waals surface area contributed by atoms with Gasteiger partial charge in [-0.15, -0.1) is 0 Å². The smallest absolute Gasteiger partial charge is 0.260 e. The van der Waals surface area contributed by atoms with E-state index in [1.807, 2.05) is 158 Å². The van der Waals surface area contributed by atoms with E-state index < -0.39 is 12.1 Å². The zero-order chi connectivity index (χ0) is 37.8. The predicted octanol–water partition coefficient (Wildman–Crippen LogP) is 9.25. The average molecular weight is 729 g/mol. The summed E-state index contributed by atoms with van der Waals surface area (Å²) in [5.74, 6) is 0.488. The third-order valence-corrected chi connectivity index (χ3v) is 10.3. The van der Waals surface area contributed by atoms with Crippen LogP contribution in [0.15, 0.2) is 204 Å². The van der Waals surface area contributed by atoms with Crippen molar-refractivity contribution in [2.24, 2.45) is 9.98 Å². The van der Waals surface area contributed by atoms with Crippen molar-refractivity contribution in [3.8, 4) is 0 Å². The maximum Gasteiger partial charge on any atom is 0.260 e. The van der Waals surface area contributed by atoms with E-state index in [0.717, 1.165) is 22.3 Å². The maximum atomic E-state index is 14.9. The van der Waals surface area contributed by atoms with Crippen molar-refractivity contribution in [1.29, 1.82) is 0 Å². The number of hydrogen-bond acceptors (Lipinski definition) is 6. The van der Waals surface area contributed by atoms with Crippen molar-refractivity contribution in [1.82, 2.24) is 19.8 Å². The molecule has 0 aliphatic carbocycles. The summed E-state index contributed by atoms with van der Waals surface area (Å²) in [5.41, 5.74) is 5.92. The molecule has 0 spiro atoms. The Labute approximate surface area is 325 Å². The van der Waals surface area contributed by atoms with Gasteiger partial charge in [0.1, 0.15) is 23.5 Å². The summed E-state index contributed by atoms with van der Waals surface area (Å²) in [6.45, 7) is 0. The van der Waals surface area contributed by atoms with E-state index in [9.17, 15) is 9.59 Å². The van der Waals surface area contributed by atoms with Crippen LogP contribution in [0, 0.1) is 0 Å². The summed E-state index contributed by atoms with van der Waals surface area (Å²) < 4.78 is 0. The number of hydrogen-bond donors (Lipinski definition) is 0. The number of aliphatic imine (C=N–C) groups is 2. The predicted molar refractivity (Wildman–Crippen MR) is 217 cm³/mol.